The number of rotatable bonds is 5. The summed E-state index contributed by atoms with van der Waals surface area (Å²) >= 11 is 0. The van der Waals surface area contributed by atoms with Crippen LogP contribution in [0.4, 0.5) is 0 Å². The van der Waals surface area contributed by atoms with Gasteiger partial charge >= 0.3 is 17.9 Å². The molecule has 11 atom stereocenters. The predicted molar refractivity (Wildman–Crippen MR) is 153 cm³/mol. The highest BCUT2D eigenvalue weighted by atomic mass is 16.6. The Bertz CT molecular complexity index is 1100. The number of esters is 2. The maximum absolute atomic E-state index is 12.9. The fourth-order valence-electron chi connectivity index (χ4n) is 12.2. The SMILES string of the molecule is C=C(C)[C@@H]1CC[C@]2(C(=O)O)CC[C@]3(C)[C@H](CC[C@@H]4[C@@]5(C)CCC(OC(C)=O)C(C)(COC(C)=O)[C@@H]5CC[C@]43C)[C@@H]12. The van der Waals surface area contributed by atoms with Crippen molar-refractivity contribution in [3.63, 3.8) is 0 Å². The minimum absolute atomic E-state index is 0.0251. The maximum atomic E-state index is 12.9. The molecule has 5 aliphatic carbocycles. The summed E-state index contributed by atoms with van der Waals surface area (Å²) in [5, 5.41) is 10.6. The summed E-state index contributed by atoms with van der Waals surface area (Å²) in [6, 6.07) is 0. The van der Waals surface area contributed by atoms with Crippen molar-refractivity contribution in [2.45, 2.75) is 119 Å². The molecule has 224 valence electrons. The molecule has 5 saturated carbocycles. The molecule has 0 heterocycles. The monoisotopic (exact) mass is 556 g/mol. The van der Waals surface area contributed by atoms with E-state index in [4.69, 9.17) is 9.47 Å². The number of carbonyl (C=O) groups excluding carboxylic acids is 2. The van der Waals surface area contributed by atoms with Gasteiger partial charge in [-0.2, -0.15) is 0 Å². The van der Waals surface area contributed by atoms with Crippen molar-refractivity contribution in [2.75, 3.05) is 6.61 Å². The zero-order valence-electron chi connectivity index (χ0n) is 25.9. The molecule has 5 fully saturated rings. The molecule has 40 heavy (non-hydrogen) atoms. The lowest BCUT2D eigenvalue weighted by atomic mass is 9.32. The fourth-order valence-corrected chi connectivity index (χ4v) is 12.2. The molecule has 6 nitrogen and oxygen atoms in total. The quantitative estimate of drug-likeness (QED) is 0.284. The van der Waals surface area contributed by atoms with Crippen LogP contribution < -0.4 is 0 Å². The minimum atomic E-state index is -0.608. The second-order valence-electron chi connectivity index (χ2n) is 15.6. The molecule has 0 aromatic carbocycles. The molecule has 1 N–H and O–H groups in total. The summed E-state index contributed by atoms with van der Waals surface area (Å²) in [6.07, 6.45) is 9.20. The standard InChI is InChI=1S/C34H52O6/c1-20(2)23-11-16-34(29(37)38)18-17-32(7)24(28(23)34)9-10-26-30(5)14-13-27(40-22(4)36)31(6,19-39-21(3)35)25(30)12-15-33(26,32)8/h23-28H,1,9-19H2,2-8H3,(H,37,38)/t23-,24+,25+,26+,27?,28+,30-,31?,32+,33+,34-/m0/s1. The number of hydrogen-bond donors (Lipinski definition) is 1. The zero-order chi connectivity index (χ0) is 29.5. The molecule has 0 bridgehead atoms. The van der Waals surface area contributed by atoms with Gasteiger partial charge in [-0.1, -0.05) is 39.8 Å². The van der Waals surface area contributed by atoms with Crippen molar-refractivity contribution in [2.24, 2.45) is 56.7 Å². The lowest BCUT2D eigenvalue weighted by molar-refractivity contribution is -0.257. The number of hydrogen-bond acceptors (Lipinski definition) is 5. The van der Waals surface area contributed by atoms with E-state index in [0.29, 0.717) is 17.8 Å². The molecule has 5 aliphatic rings. The Morgan fingerprint density at radius 2 is 1.50 bits per heavy atom. The average molecular weight is 557 g/mol. The fraction of sp³-hybridized carbons (Fsp3) is 0.853. The Morgan fingerprint density at radius 3 is 2.10 bits per heavy atom. The first-order chi connectivity index (χ1) is 18.6. The first-order valence-corrected chi connectivity index (χ1v) is 15.8. The molecular formula is C34H52O6. The highest BCUT2D eigenvalue weighted by Gasteiger charge is 2.72. The van der Waals surface area contributed by atoms with Gasteiger partial charge in [-0.25, -0.2) is 0 Å². The van der Waals surface area contributed by atoms with Gasteiger partial charge in [0, 0.05) is 19.3 Å². The second kappa shape index (κ2) is 9.59. The van der Waals surface area contributed by atoms with Crippen LogP contribution in [0.5, 0.6) is 0 Å². The molecule has 0 aromatic rings. The molecule has 0 aromatic heterocycles. The van der Waals surface area contributed by atoms with E-state index in [9.17, 15) is 19.5 Å². The number of aliphatic carboxylic acids is 1. The number of fused-ring (bicyclic) bond motifs is 7. The van der Waals surface area contributed by atoms with Gasteiger partial charge < -0.3 is 14.6 Å². The van der Waals surface area contributed by atoms with E-state index in [2.05, 4.69) is 41.2 Å². The van der Waals surface area contributed by atoms with Gasteiger partial charge in [0.25, 0.3) is 0 Å². The van der Waals surface area contributed by atoms with Gasteiger partial charge in [-0.05, 0) is 117 Å². The van der Waals surface area contributed by atoms with Crippen LogP contribution in [-0.4, -0.2) is 35.7 Å². The van der Waals surface area contributed by atoms with Crippen LogP contribution in [0.3, 0.4) is 0 Å². The third-order valence-electron chi connectivity index (χ3n) is 14.1. The maximum Gasteiger partial charge on any atom is 0.309 e. The molecule has 0 saturated heterocycles. The Labute approximate surface area is 241 Å². The first kappa shape index (κ1) is 29.6. The van der Waals surface area contributed by atoms with E-state index in [0.717, 1.165) is 69.8 Å². The van der Waals surface area contributed by atoms with E-state index in [-0.39, 0.29) is 52.7 Å². The highest BCUT2D eigenvalue weighted by Crippen LogP contribution is 2.77. The molecule has 2 unspecified atom stereocenters. The van der Waals surface area contributed by atoms with Gasteiger partial charge in [0.15, 0.2) is 0 Å². The lowest BCUT2D eigenvalue weighted by Gasteiger charge is -2.72. The van der Waals surface area contributed by atoms with Crippen molar-refractivity contribution in [3.8, 4) is 0 Å². The van der Waals surface area contributed by atoms with Gasteiger partial charge in [0.05, 0.1) is 5.41 Å². The van der Waals surface area contributed by atoms with Crippen molar-refractivity contribution in [3.05, 3.63) is 12.2 Å². The smallest absolute Gasteiger partial charge is 0.309 e. The topological polar surface area (TPSA) is 89.9 Å². The van der Waals surface area contributed by atoms with E-state index in [1.54, 1.807) is 0 Å². The Balaban J connectivity index is 1.53. The lowest BCUT2D eigenvalue weighted by Crippen LogP contribution is -2.68. The van der Waals surface area contributed by atoms with Crippen molar-refractivity contribution in [1.29, 1.82) is 0 Å². The molecule has 6 heteroatoms. The summed E-state index contributed by atoms with van der Waals surface area (Å²) in [4.78, 5) is 36.9. The molecular weight excluding hydrogens is 504 g/mol. The van der Waals surface area contributed by atoms with E-state index in [1.807, 2.05) is 0 Å². The van der Waals surface area contributed by atoms with Crippen LogP contribution in [0, 0.1) is 56.7 Å². The third kappa shape index (κ3) is 3.89. The van der Waals surface area contributed by atoms with E-state index in [1.165, 1.54) is 13.8 Å². The Hall–Kier alpha value is -1.85. The second-order valence-corrected chi connectivity index (χ2v) is 15.6. The number of carbonyl (C=O) groups is 3. The van der Waals surface area contributed by atoms with Crippen LogP contribution in [0.25, 0.3) is 0 Å². The predicted octanol–water partition coefficient (Wildman–Crippen LogP) is 7.20. The number of ether oxygens (including phenoxy) is 2. The van der Waals surface area contributed by atoms with Crippen LogP contribution in [0.15, 0.2) is 12.2 Å². The number of carboxylic acids is 1. The third-order valence-corrected chi connectivity index (χ3v) is 14.1. The summed E-state index contributed by atoms with van der Waals surface area (Å²) in [5.41, 5.74) is 0.283. The molecule has 0 aliphatic heterocycles. The van der Waals surface area contributed by atoms with Crippen molar-refractivity contribution < 1.29 is 29.0 Å². The van der Waals surface area contributed by atoms with Crippen molar-refractivity contribution >= 4 is 17.9 Å². The van der Waals surface area contributed by atoms with Gasteiger partial charge in [0.1, 0.15) is 12.7 Å². The van der Waals surface area contributed by atoms with Crippen molar-refractivity contribution in [1.82, 2.24) is 0 Å². The van der Waals surface area contributed by atoms with Gasteiger partial charge in [-0.15, -0.1) is 0 Å². The average Bonchev–Trinajstić information content (AvgIpc) is 3.26. The largest absolute Gasteiger partial charge is 0.481 e. The number of carboxylic acid groups (broad SMARTS) is 1. The Morgan fingerprint density at radius 1 is 0.800 bits per heavy atom. The molecule has 5 rings (SSSR count). The minimum Gasteiger partial charge on any atom is -0.481 e. The highest BCUT2D eigenvalue weighted by molar-refractivity contribution is 5.76. The normalized spacial score (nSPS) is 49.5. The van der Waals surface area contributed by atoms with Crippen LogP contribution in [0.2, 0.25) is 0 Å². The first-order valence-electron chi connectivity index (χ1n) is 15.8. The zero-order valence-corrected chi connectivity index (χ0v) is 25.9. The van der Waals surface area contributed by atoms with Gasteiger partial charge in [-0.3, -0.25) is 14.4 Å². The van der Waals surface area contributed by atoms with Crippen LogP contribution in [-0.2, 0) is 23.9 Å². The summed E-state index contributed by atoms with van der Waals surface area (Å²) in [6.45, 7) is 19.4. The molecule has 0 spiro atoms. The summed E-state index contributed by atoms with van der Waals surface area (Å²) in [7, 11) is 0. The summed E-state index contributed by atoms with van der Waals surface area (Å²) < 4.78 is 11.6. The van der Waals surface area contributed by atoms with Gasteiger partial charge in [0.2, 0.25) is 0 Å². The molecule has 0 radical (unpaired) electrons. The summed E-state index contributed by atoms with van der Waals surface area (Å²) in [5.74, 6) is 0.436. The van der Waals surface area contributed by atoms with E-state index < -0.39 is 16.8 Å². The Kier molecular flexibility index (Phi) is 7.11. The number of allylic oxidation sites excluding steroid dienone is 1. The van der Waals surface area contributed by atoms with E-state index >= 15 is 0 Å². The van der Waals surface area contributed by atoms with Crippen LogP contribution >= 0.6 is 0 Å². The van der Waals surface area contributed by atoms with Crippen LogP contribution in [0.1, 0.15) is 113 Å². The molecule has 0 amide bonds.